The minimum absolute atomic E-state index is 0.280. The molecule has 2 heterocycles. The predicted molar refractivity (Wildman–Crippen MR) is 72.9 cm³/mol. The molecule has 0 atom stereocenters. The van der Waals surface area contributed by atoms with E-state index >= 15 is 0 Å². The summed E-state index contributed by atoms with van der Waals surface area (Å²) >= 11 is 0. The Morgan fingerprint density at radius 2 is 2.26 bits per heavy atom. The van der Waals surface area contributed by atoms with Crippen LogP contribution in [0.4, 0.5) is 6.01 Å². The van der Waals surface area contributed by atoms with Gasteiger partial charge in [-0.25, -0.2) is 0 Å². The molecular weight excluding hydrogens is 242 g/mol. The summed E-state index contributed by atoms with van der Waals surface area (Å²) < 4.78 is 5.56. The lowest BCUT2D eigenvalue weighted by Crippen LogP contribution is -2.26. The Bertz CT molecular complexity index is 546. The highest BCUT2D eigenvalue weighted by molar-refractivity contribution is 5.78. The van der Waals surface area contributed by atoms with Crippen LogP contribution in [0.25, 0.3) is 11.1 Å². The highest BCUT2D eigenvalue weighted by atomic mass is 16.4. The largest absolute Gasteiger partial charge is 0.424 e. The zero-order valence-corrected chi connectivity index (χ0v) is 10.8. The van der Waals surface area contributed by atoms with Gasteiger partial charge in [-0.15, -0.1) is 0 Å². The molecule has 0 radical (unpaired) electrons. The summed E-state index contributed by atoms with van der Waals surface area (Å²) in [6, 6.07) is 8.24. The molecule has 0 unspecified atom stereocenters. The molecule has 1 aromatic heterocycles. The molecule has 1 saturated heterocycles. The fourth-order valence-corrected chi connectivity index (χ4v) is 2.35. The van der Waals surface area contributed by atoms with Gasteiger partial charge in [-0.2, -0.15) is 4.98 Å². The lowest BCUT2D eigenvalue weighted by molar-refractivity contribution is -0.127. The molecule has 0 bridgehead atoms. The molecule has 100 valence electrons. The van der Waals surface area contributed by atoms with Gasteiger partial charge in [-0.05, 0) is 25.0 Å². The Kier molecular flexibility index (Phi) is 3.35. The highest BCUT2D eigenvalue weighted by Gasteiger charge is 2.18. The molecule has 5 heteroatoms. The Hall–Kier alpha value is -2.04. The maximum atomic E-state index is 11.4. The molecule has 1 amide bonds. The van der Waals surface area contributed by atoms with E-state index in [4.69, 9.17) is 4.42 Å². The van der Waals surface area contributed by atoms with Crippen molar-refractivity contribution in [3.63, 3.8) is 0 Å². The molecule has 1 aliphatic heterocycles. The van der Waals surface area contributed by atoms with Crippen molar-refractivity contribution in [3.8, 4) is 0 Å². The van der Waals surface area contributed by atoms with Gasteiger partial charge in [-0.3, -0.25) is 4.79 Å². The number of rotatable bonds is 5. The molecule has 1 aromatic carbocycles. The first-order chi connectivity index (χ1) is 9.33. The van der Waals surface area contributed by atoms with Crippen molar-refractivity contribution in [1.82, 2.24) is 9.88 Å². The average Bonchev–Trinajstić information content (AvgIpc) is 3.00. The molecular formula is C14H17N3O2. The maximum Gasteiger partial charge on any atom is 0.295 e. The summed E-state index contributed by atoms with van der Waals surface area (Å²) in [6.07, 6.45) is 2.61. The van der Waals surface area contributed by atoms with E-state index in [1.807, 2.05) is 29.2 Å². The van der Waals surface area contributed by atoms with Crippen LogP contribution >= 0.6 is 0 Å². The Morgan fingerprint density at radius 1 is 1.37 bits per heavy atom. The number of carbonyl (C=O) groups excluding carboxylic acids is 1. The fraction of sp³-hybridized carbons (Fsp3) is 0.429. The lowest BCUT2D eigenvalue weighted by atomic mass is 10.3. The lowest BCUT2D eigenvalue weighted by Gasteiger charge is -2.14. The van der Waals surface area contributed by atoms with Gasteiger partial charge in [0.05, 0.1) is 0 Å². The zero-order valence-electron chi connectivity index (χ0n) is 10.8. The molecule has 3 rings (SSSR count). The van der Waals surface area contributed by atoms with Crippen LogP contribution in [0.1, 0.15) is 19.3 Å². The van der Waals surface area contributed by atoms with Crippen LogP contribution in [0.15, 0.2) is 28.7 Å². The molecule has 1 fully saturated rings. The van der Waals surface area contributed by atoms with E-state index in [2.05, 4.69) is 10.3 Å². The molecule has 2 aromatic rings. The van der Waals surface area contributed by atoms with Crippen molar-refractivity contribution in [2.45, 2.75) is 19.3 Å². The molecule has 0 saturated carbocycles. The number of hydrogen-bond donors (Lipinski definition) is 1. The molecule has 5 nitrogen and oxygen atoms in total. The quantitative estimate of drug-likeness (QED) is 0.837. The maximum absolute atomic E-state index is 11.4. The number of hydrogen-bond acceptors (Lipinski definition) is 4. The summed E-state index contributed by atoms with van der Waals surface area (Å²) in [5.41, 5.74) is 1.65. The van der Waals surface area contributed by atoms with Crippen molar-refractivity contribution < 1.29 is 9.21 Å². The molecule has 1 aliphatic rings. The Labute approximate surface area is 111 Å². The molecule has 0 aliphatic carbocycles. The van der Waals surface area contributed by atoms with Crippen LogP contribution in [0, 0.1) is 0 Å². The first-order valence-electron chi connectivity index (χ1n) is 6.70. The standard InChI is InChI=1S/C14H17N3O2/c18-13-7-3-9-17(13)10-4-8-15-14-16-11-5-1-2-6-12(11)19-14/h1-2,5-6H,3-4,7-10H2,(H,15,16). The third-order valence-corrected chi connectivity index (χ3v) is 3.35. The van der Waals surface area contributed by atoms with E-state index in [0.717, 1.165) is 43.6 Å². The van der Waals surface area contributed by atoms with Gasteiger partial charge in [0.15, 0.2) is 5.58 Å². The van der Waals surface area contributed by atoms with Gasteiger partial charge >= 0.3 is 0 Å². The number of anilines is 1. The predicted octanol–water partition coefficient (Wildman–Crippen LogP) is 2.25. The smallest absolute Gasteiger partial charge is 0.295 e. The van der Waals surface area contributed by atoms with Crippen LogP contribution in [0.3, 0.4) is 0 Å². The third kappa shape index (κ3) is 2.70. The summed E-state index contributed by atoms with van der Waals surface area (Å²) in [5, 5.41) is 3.16. The van der Waals surface area contributed by atoms with Crippen LogP contribution < -0.4 is 5.32 Å². The van der Waals surface area contributed by atoms with Crippen molar-refractivity contribution in [1.29, 1.82) is 0 Å². The Balaban J connectivity index is 1.48. The monoisotopic (exact) mass is 259 g/mol. The van der Waals surface area contributed by atoms with E-state index in [1.165, 1.54) is 0 Å². The minimum Gasteiger partial charge on any atom is -0.424 e. The van der Waals surface area contributed by atoms with E-state index in [9.17, 15) is 4.79 Å². The molecule has 19 heavy (non-hydrogen) atoms. The van der Waals surface area contributed by atoms with E-state index in [0.29, 0.717) is 12.4 Å². The second-order valence-corrected chi connectivity index (χ2v) is 4.75. The van der Waals surface area contributed by atoms with Crippen LogP contribution in [0.5, 0.6) is 0 Å². The average molecular weight is 259 g/mol. The first kappa shape index (κ1) is 12.0. The first-order valence-corrected chi connectivity index (χ1v) is 6.70. The number of oxazole rings is 1. The fourth-order valence-electron chi connectivity index (χ4n) is 2.35. The van der Waals surface area contributed by atoms with Gasteiger partial charge < -0.3 is 14.6 Å². The van der Waals surface area contributed by atoms with Crippen molar-refractivity contribution in [2.75, 3.05) is 25.0 Å². The summed E-state index contributed by atoms with van der Waals surface area (Å²) in [6.45, 7) is 2.48. The summed E-state index contributed by atoms with van der Waals surface area (Å²) in [5.74, 6) is 0.280. The SMILES string of the molecule is O=C1CCCN1CCCNc1nc2ccccc2o1. The van der Waals surface area contributed by atoms with Crippen molar-refractivity contribution >= 4 is 23.0 Å². The summed E-state index contributed by atoms with van der Waals surface area (Å²) in [4.78, 5) is 17.7. The van der Waals surface area contributed by atoms with Gasteiger partial charge in [0.2, 0.25) is 5.91 Å². The van der Waals surface area contributed by atoms with E-state index in [-0.39, 0.29) is 5.91 Å². The highest BCUT2D eigenvalue weighted by Crippen LogP contribution is 2.18. The molecule has 1 N–H and O–H groups in total. The van der Waals surface area contributed by atoms with Gasteiger partial charge in [0, 0.05) is 26.1 Å². The topological polar surface area (TPSA) is 58.4 Å². The van der Waals surface area contributed by atoms with Gasteiger partial charge in [0.25, 0.3) is 6.01 Å². The van der Waals surface area contributed by atoms with Gasteiger partial charge in [0.1, 0.15) is 5.52 Å². The van der Waals surface area contributed by atoms with Crippen molar-refractivity contribution in [3.05, 3.63) is 24.3 Å². The third-order valence-electron chi connectivity index (χ3n) is 3.35. The second kappa shape index (κ2) is 5.30. The number of para-hydroxylation sites is 2. The number of likely N-dealkylation sites (tertiary alicyclic amines) is 1. The van der Waals surface area contributed by atoms with E-state index in [1.54, 1.807) is 0 Å². The van der Waals surface area contributed by atoms with Gasteiger partial charge in [-0.1, -0.05) is 12.1 Å². The Morgan fingerprint density at radius 3 is 3.05 bits per heavy atom. The van der Waals surface area contributed by atoms with Crippen LogP contribution in [0.2, 0.25) is 0 Å². The number of benzene rings is 1. The normalized spacial score (nSPS) is 15.4. The van der Waals surface area contributed by atoms with Crippen molar-refractivity contribution in [2.24, 2.45) is 0 Å². The number of aromatic nitrogens is 1. The van der Waals surface area contributed by atoms with E-state index < -0.39 is 0 Å². The number of carbonyl (C=O) groups is 1. The van der Waals surface area contributed by atoms with Crippen LogP contribution in [-0.2, 0) is 4.79 Å². The number of nitrogens with zero attached hydrogens (tertiary/aromatic N) is 2. The second-order valence-electron chi connectivity index (χ2n) is 4.75. The van der Waals surface area contributed by atoms with Crippen LogP contribution in [-0.4, -0.2) is 35.4 Å². The summed E-state index contributed by atoms with van der Waals surface area (Å²) in [7, 11) is 0. The minimum atomic E-state index is 0.280. The molecule has 0 spiro atoms. The number of fused-ring (bicyclic) bond motifs is 1. The number of amides is 1. The zero-order chi connectivity index (χ0) is 13.1. The number of nitrogens with one attached hydrogen (secondary N) is 1.